The van der Waals surface area contributed by atoms with Crippen molar-refractivity contribution in [3.8, 4) is 0 Å². The fourth-order valence-electron chi connectivity index (χ4n) is 2.33. The Bertz CT molecular complexity index is 472. The summed E-state index contributed by atoms with van der Waals surface area (Å²) >= 11 is 1.39. The Morgan fingerprint density at radius 3 is 3.05 bits per heavy atom. The Hall–Kier alpha value is -1.56. The molecule has 1 aromatic rings. The first kappa shape index (κ1) is 13.9. The maximum Gasteiger partial charge on any atom is 0.348 e. The van der Waals surface area contributed by atoms with Crippen molar-refractivity contribution in [2.75, 3.05) is 13.2 Å². The highest BCUT2D eigenvalue weighted by molar-refractivity contribution is 7.12. The summed E-state index contributed by atoms with van der Waals surface area (Å²) in [6.07, 6.45) is 2.55. The standard InChI is InChI=1S/C13H18N2O3S/c1-2-9-5-7-19-11(9)12(16)18-8-10-4-3-6-15(10)13(14)17/h5,7,10H,2-4,6,8H2,1H3,(H2,14,17). The molecule has 0 aromatic carbocycles. The van der Waals surface area contributed by atoms with E-state index in [0.717, 1.165) is 24.8 Å². The van der Waals surface area contributed by atoms with E-state index in [-0.39, 0.29) is 18.6 Å². The van der Waals surface area contributed by atoms with Crippen LogP contribution in [-0.4, -0.2) is 36.1 Å². The van der Waals surface area contributed by atoms with Crippen LogP contribution in [0.5, 0.6) is 0 Å². The summed E-state index contributed by atoms with van der Waals surface area (Å²) in [5, 5.41) is 1.89. The number of ether oxygens (including phenoxy) is 1. The van der Waals surface area contributed by atoms with Crippen LogP contribution < -0.4 is 5.73 Å². The number of urea groups is 1. The van der Waals surface area contributed by atoms with Crippen molar-refractivity contribution in [3.63, 3.8) is 0 Å². The van der Waals surface area contributed by atoms with E-state index in [2.05, 4.69) is 0 Å². The van der Waals surface area contributed by atoms with Gasteiger partial charge in [-0.15, -0.1) is 11.3 Å². The number of rotatable bonds is 4. The monoisotopic (exact) mass is 282 g/mol. The Morgan fingerprint density at radius 1 is 1.58 bits per heavy atom. The zero-order valence-corrected chi connectivity index (χ0v) is 11.7. The van der Waals surface area contributed by atoms with Gasteiger partial charge in [-0.1, -0.05) is 6.92 Å². The Kier molecular flexibility index (Phi) is 4.42. The number of nitrogens with zero attached hydrogens (tertiary/aromatic N) is 1. The molecule has 1 fully saturated rings. The highest BCUT2D eigenvalue weighted by Gasteiger charge is 2.28. The zero-order chi connectivity index (χ0) is 13.8. The van der Waals surface area contributed by atoms with Gasteiger partial charge in [0.1, 0.15) is 11.5 Å². The normalized spacial score (nSPS) is 18.6. The van der Waals surface area contributed by atoms with E-state index in [9.17, 15) is 9.59 Å². The number of aryl methyl sites for hydroxylation is 1. The molecule has 1 aliphatic rings. The van der Waals surface area contributed by atoms with Gasteiger partial charge in [0.25, 0.3) is 0 Å². The minimum Gasteiger partial charge on any atom is -0.459 e. The molecule has 2 rings (SSSR count). The van der Waals surface area contributed by atoms with E-state index in [1.165, 1.54) is 11.3 Å². The van der Waals surface area contributed by atoms with Gasteiger partial charge >= 0.3 is 12.0 Å². The molecule has 104 valence electrons. The van der Waals surface area contributed by atoms with Crippen molar-refractivity contribution in [1.82, 2.24) is 4.90 Å². The van der Waals surface area contributed by atoms with Crippen LogP contribution in [0.15, 0.2) is 11.4 Å². The molecule has 2 heterocycles. The molecule has 1 aromatic heterocycles. The van der Waals surface area contributed by atoms with Crippen LogP contribution in [0.1, 0.15) is 35.0 Å². The maximum atomic E-state index is 12.0. The zero-order valence-electron chi connectivity index (χ0n) is 10.9. The molecule has 2 N–H and O–H groups in total. The van der Waals surface area contributed by atoms with Gasteiger partial charge in [-0.2, -0.15) is 0 Å². The lowest BCUT2D eigenvalue weighted by atomic mass is 10.2. The predicted octanol–water partition coefficient (Wildman–Crippen LogP) is 2.01. The molecule has 0 aliphatic carbocycles. The third-order valence-electron chi connectivity index (χ3n) is 3.38. The molecular formula is C13H18N2O3S. The van der Waals surface area contributed by atoms with E-state index >= 15 is 0 Å². The van der Waals surface area contributed by atoms with E-state index < -0.39 is 6.03 Å². The molecule has 19 heavy (non-hydrogen) atoms. The van der Waals surface area contributed by atoms with Crippen molar-refractivity contribution in [3.05, 3.63) is 21.9 Å². The van der Waals surface area contributed by atoms with Crippen molar-refractivity contribution in [2.45, 2.75) is 32.2 Å². The highest BCUT2D eigenvalue weighted by atomic mass is 32.1. The average Bonchev–Trinajstić information content (AvgIpc) is 3.04. The molecule has 5 nitrogen and oxygen atoms in total. The lowest BCUT2D eigenvalue weighted by Gasteiger charge is -2.22. The fourth-order valence-corrected chi connectivity index (χ4v) is 3.22. The first-order chi connectivity index (χ1) is 9.13. The second-order valence-electron chi connectivity index (χ2n) is 4.55. The van der Waals surface area contributed by atoms with Crippen molar-refractivity contribution >= 4 is 23.3 Å². The van der Waals surface area contributed by atoms with E-state index in [1.807, 2.05) is 18.4 Å². The maximum absolute atomic E-state index is 12.0. The number of esters is 1. The fraction of sp³-hybridized carbons (Fsp3) is 0.538. The van der Waals surface area contributed by atoms with Gasteiger partial charge in [-0.3, -0.25) is 0 Å². The number of likely N-dealkylation sites (tertiary alicyclic amines) is 1. The molecule has 1 aliphatic heterocycles. The molecule has 0 spiro atoms. The summed E-state index contributed by atoms with van der Waals surface area (Å²) in [6, 6.07) is 1.42. The summed E-state index contributed by atoms with van der Waals surface area (Å²) in [5.74, 6) is -0.303. The Morgan fingerprint density at radius 2 is 2.37 bits per heavy atom. The number of hydrogen-bond acceptors (Lipinski definition) is 4. The van der Waals surface area contributed by atoms with E-state index in [1.54, 1.807) is 4.90 Å². The van der Waals surface area contributed by atoms with E-state index in [0.29, 0.717) is 11.4 Å². The van der Waals surface area contributed by atoms with E-state index in [4.69, 9.17) is 10.5 Å². The number of carbonyl (C=O) groups is 2. The van der Waals surface area contributed by atoms with Gasteiger partial charge in [-0.05, 0) is 36.3 Å². The molecule has 0 radical (unpaired) electrons. The second kappa shape index (κ2) is 6.06. The molecule has 1 atom stereocenters. The number of primary amides is 1. The van der Waals surface area contributed by atoms with Crippen molar-refractivity contribution in [2.24, 2.45) is 5.73 Å². The number of thiophene rings is 1. The second-order valence-corrected chi connectivity index (χ2v) is 5.47. The van der Waals surface area contributed by atoms with Gasteiger partial charge in [-0.25, -0.2) is 9.59 Å². The average molecular weight is 282 g/mol. The quantitative estimate of drug-likeness (QED) is 0.859. The topological polar surface area (TPSA) is 72.6 Å². The van der Waals surface area contributed by atoms with Crippen LogP contribution in [0.2, 0.25) is 0 Å². The number of amides is 2. The van der Waals surface area contributed by atoms with Gasteiger partial charge < -0.3 is 15.4 Å². The number of hydrogen-bond donors (Lipinski definition) is 1. The van der Waals surface area contributed by atoms with Crippen LogP contribution in [0, 0.1) is 0 Å². The third kappa shape index (κ3) is 3.07. The summed E-state index contributed by atoms with van der Waals surface area (Å²) in [5.41, 5.74) is 6.29. The SMILES string of the molecule is CCc1ccsc1C(=O)OCC1CCCN1C(N)=O. The van der Waals surface area contributed by atoms with Crippen LogP contribution in [0.25, 0.3) is 0 Å². The van der Waals surface area contributed by atoms with Crippen molar-refractivity contribution in [1.29, 1.82) is 0 Å². The minimum atomic E-state index is -0.441. The first-order valence-electron chi connectivity index (χ1n) is 6.43. The van der Waals surface area contributed by atoms with Crippen LogP contribution in [0.4, 0.5) is 4.79 Å². The van der Waals surface area contributed by atoms with Crippen LogP contribution in [-0.2, 0) is 11.2 Å². The lowest BCUT2D eigenvalue weighted by Crippen LogP contribution is -2.41. The summed E-state index contributed by atoms with van der Waals surface area (Å²) < 4.78 is 5.32. The van der Waals surface area contributed by atoms with Gasteiger partial charge in [0.2, 0.25) is 0 Å². The van der Waals surface area contributed by atoms with Crippen LogP contribution >= 0.6 is 11.3 Å². The molecular weight excluding hydrogens is 264 g/mol. The summed E-state index contributed by atoms with van der Waals surface area (Å²) in [7, 11) is 0. The smallest absolute Gasteiger partial charge is 0.348 e. The van der Waals surface area contributed by atoms with Crippen LogP contribution in [0.3, 0.4) is 0 Å². The van der Waals surface area contributed by atoms with Gasteiger partial charge in [0, 0.05) is 6.54 Å². The lowest BCUT2D eigenvalue weighted by molar-refractivity contribution is 0.0426. The first-order valence-corrected chi connectivity index (χ1v) is 7.31. The predicted molar refractivity (Wildman–Crippen MR) is 73.3 cm³/mol. The van der Waals surface area contributed by atoms with Gasteiger partial charge in [0.15, 0.2) is 0 Å². The largest absolute Gasteiger partial charge is 0.459 e. The van der Waals surface area contributed by atoms with Crippen molar-refractivity contribution < 1.29 is 14.3 Å². The third-order valence-corrected chi connectivity index (χ3v) is 4.32. The summed E-state index contributed by atoms with van der Waals surface area (Å²) in [6.45, 7) is 2.88. The van der Waals surface area contributed by atoms with Gasteiger partial charge in [0.05, 0.1) is 6.04 Å². The molecule has 1 saturated heterocycles. The number of nitrogens with two attached hydrogens (primary N) is 1. The molecule has 2 amide bonds. The number of carbonyl (C=O) groups excluding carboxylic acids is 2. The molecule has 0 saturated carbocycles. The Labute approximate surface area is 116 Å². The summed E-state index contributed by atoms with van der Waals surface area (Å²) in [4.78, 5) is 25.4. The molecule has 0 bridgehead atoms. The molecule has 6 heteroatoms. The minimum absolute atomic E-state index is 0.0773. The Balaban J connectivity index is 1.92. The highest BCUT2D eigenvalue weighted by Crippen LogP contribution is 2.21. The molecule has 1 unspecified atom stereocenters.